The maximum atomic E-state index is 12.9. The van der Waals surface area contributed by atoms with Crippen molar-refractivity contribution in [1.82, 2.24) is 4.90 Å². The summed E-state index contributed by atoms with van der Waals surface area (Å²) in [5, 5.41) is 0. The molecule has 24 heavy (non-hydrogen) atoms. The highest BCUT2D eigenvalue weighted by atomic mass is 19.4. The number of halogens is 3. The van der Waals surface area contributed by atoms with Crippen molar-refractivity contribution in [1.29, 1.82) is 0 Å². The third kappa shape index (κ3) is 3.39. The molecule has 2 saturated heterocycles. The van der Waals surface area contributed by atoms with Crippen molar-refractivity contribution in [3.8, 4) is 0 Å². The summed E-state index contributed by atoms with van der Waals surface area (Å²) in [6, 6.07) is 6.53. The summed E-state index contributed by atoms with van der Waals surface area (Å²) in [4.78, 5) is 27.1. The quantitative estimate of drug-likeness (QED) is 0.829. The van der Waals surface area contributed by atoms with E-state index >= 15 is 0 Å². The Labute approximate surface area is 138 Å². The normalized spacial score (nSPS) is 22.1. The van der Waals surface area contributed by atoms with Crippen LogP contribution >= 0.6 is 0 Å². The van der Waals surface area contributed by atoms with Crippen molar-refractivity contribution in [3.05, 3.63) is 29.8 Å². The van der Waals surface area contributed by atoms with E-state index in [1.165, 1.54) is 4.90 Å². The molecule has 0 radical (unpaired) electrons. The molecular formula is C17H19F3N2O2. The Morgan fingerprint density at radius 2 is 1.79 bits per heavy atom. The highest BCUT2D eigenvalue weighted by molar-refractivity contribution is 5.97. The molecule has 3 rings (SSSR count). The number of anilines is 1. The minimum atomic E-state index is -4.26. The van der Waals surface area contributed by atoms with E-state index in [9.17, 15) is 22.8 Å². The second-order valence-corrected chi connectivity index (χ2v) is 6.33. The van der Waals surface area contributed by atoms with Crippen LogP contribution in [0.1, 0.15) is 36.0 Å². The zero-order valence-corrected chi connectivity index (χ0v) is 13.2. The Hall–Kier alpha value is -2.05. The van der Waals surface area contributed by atoms with Gasteiger partial charge in [0.05, 0.1) is 5.92 Å². The Kier molecular flexibility index (Phi) is 4.51. The van der Waals surface area contributed by atoms with Crippen LogP contribution in [-0.2, 0) is 4.79 Å². The lowest BCUT2D eigenvalue weighted by atomic mass is 9.97. The summed E-state index contributed by atoms with van der Waals surface area (Å²) >= 11 is 0. The monoisotopic (exact) mass is 340 g/mol. The van der Waals surface area contributed by atoms with Crippen LogP contribution in [0.2, 0.25) is 0 Å². The predicted octanol–water partition coefficient (Wildman–Crippen LogP) is 3.23. The van der Waals surface area contributed by atoms with Gasteiger partial charge in [0.15, 0.2) is 0 Å². The smallest absolute Gasteiger partial charge is 0.338 e. The minimum Gasteiger partial charge on any atom is -0.338 e. The number of nitrogens with zero attached hydrogens (tertiary/aromatic N) is 2. The van der Waals surface area contributed by atoms with Crippen molar-refractivity contribution >= 4 is 17.5 Å². The van der Waals surface area contributed by atoms with Crippen LogP contribution in [0.4, 0.5) is 18.9 Å². The molecule has 0 bridgehead atoms. The molecular weight excluding hydrogens is 321 g/mol. The van der Waals surface area contributed by atoms with Gasteiger partial charge in [-0.15, -0.1) is 0 Å². The summed E-state index contributed by atoms with van der Waals surface area (Å²) in [6.45, 7) is 0.720. The first kappa shape index (κ1) is 16.8. The first-order valence-corrected chi connectivity index (χ1v) is 8.12. The van der Waals surface area contributed by atoms with Gasteiger partial charge in [-0.2, -0.15) is 13.2 Å². The second kappa shape index (κ2) is 6.45. The molecule has 0 aromatic heterocycles. The van der Waals surface area contributed by atoms with Crippen molar-refractivity contribution in [2.45, 2.75) is 31.9 Å². The Morgan fingerprint density at radius 1 is 1.08 bits per heavy atom. The summed E-state index contributed by atoms with van der Waals surface area (Å²) < 4.78 is 38.6. The fourth-order valence-electron chi connectivity index (χ4n) is 3.32. The van der Waals surface area contributed by atoms with Crippen LogP contribution in [0.5, 0.6) is 0 Å². The molecule has 4 nitrogen and oxygen atoms in total. The van der Waals surface area contributed by atoms with Crippen molar-refractivity contribution < 1.29 is 22.8 Å². The van der Waals surface area contributed by atoms with E-state index in [0.717, 1.165) is 12.1 Å². The minimum absolute atomic E-state index is 0.0538. The lowest BCUT2D eigenvalue weighted by molar-refractivity contribution is -0.184. The highest BCUT2D eigenvalue weighted by Crippen LogP contribution is 2.33. The van der Waals surface area contributed by atoms with Crippen molar-refractivity contribution in [2.24, 2.45) is 5.92 Å². The average Bonchev–Trinajstić information content (AvgIpc) is 3.00. The van der Waals surface area contributed by atoms with Gasteiger partial charge < -0.3 is 9.80 Å². The average molecular weight is 340 g/mol. The molecule has 0 saturated carbocycles. The molecule has 1 aromatic rings. The first-order valence-electron chi connectivity index (χ1n) is 8.12. The molecule has 0 spiro atoms. The molecule has 1 atom stereocenters. The number of likely N-dealkylation sites (tertiary alicyclic amines) is 1. The molecule has 7 heteroatoms. The third-order valence-corrected chi connectivity index (χ3v) is 4.67. The van der Waals surface area contributed by atoms with E-state index in [0.29, 0.717) is 31.5 Å². The van der Waals surface area contributed by atoms with Gasteiger partial charge in [0.25, 0.3) is 5.91 Å². The Balaban J connectivity index is 1.70. The maximum Gasteiger partial charge on any atom is 0.393 e. The van der Waals surface area contributed by atoms with Crippen LogP contribution in [0.3, 0.4) is 0 Å². The SMILES string of the molecule is O=C(c1ccc(N2CCCC2=O)cc1)N1CCC[C@@H](C(F)(F)F)C1. The number of benzene rings is 1. The lowest BCUT2D eigenvalue weighted by Crippen LogP contribution is -2.44. The number of hydrogen-bond acceptors (Lipinski definition) is 2. The number of hydrogen-bond donors (Lipinski definition) is 0. The maximum absolute atomic E-state index is 12.9. The number of carbonyl (C=O) groups is 2. The largest absolute Gasteiger partial charge is 0.393 e. The molecule has 130 valence electrons. The zero-order chi connectivity index (χ0) is 17.3. The molecule has 0 unspecified atom stereocenters. The van der Waals surface area contributed by atoms with E-state index < -0.39 is 12.1 Å². The second-order valence-electron chi connectivity index (χ2n) is 6.33. The fraction of sp³-hybridized carbons (Fsp3) is 0.529. The fourth-order valence-corrected chi connectivity index (χ4v) is 3.32. The van der Waals surface area contributed by atoms with Crippen LogP contribution in [0, 0.1) is 5.92 Å². The number of amides is 2. The summed E-state index contributed by atoms with van der Waals surface area (Å²) in [5.74, 6) is -1.78. The Bertz CT molecular complexity index is 628. The van der Waals surface area contributed by atoms with Gasteiger partial charge in [0, 0.05) is 37.3 Å². The molecule has 2 fully saturated rings. The van der Waals surface area contributed by atoms with Crippen molar-refractivity contribution in [3.63, 3.8) is 0 Å². The lowest BCUT2D eigenvalue weighted by Gasteiger charge is -2.33. The number of alkyl halides is 3. The first-order chi connectivity index (χ1) is 11.4. The summed E-state index contributed by atoms with van der Waals surface area (Å²) in [6.07, 6.45) is -2.50. The van der Waals surface area contributed by atoms with Crippen LogP contribution in [0.25, 0.3) is 0 Å². The van der Waals surface area contributed by atoms with Crippen LogP contribution in [0.15, 0.2) is 24.3 Å². The van der Waals surface area contributed by atoms with Gasteiger partial charge >= 0.3 is 6.18 Å². The topological polar surface area (TPSA) is 40.6 Å². The molecule has 2 aliphatic heterocycles. The van der Waals surface area contributed by atoms with Gasteiger partial charge in [-0.05, 0) is 43.5 Å². The third-order valence-electron chi connectivity index (χ3n) is 4.67. The molecule has 2 aliphatic rings. The van der Waals surface area contributed by atoms with Crippen LogP contribution < -0.4 is 4.90 Å². The Morgan fingerprint density at radius 3 is 2.38 bits per heavy atom. The van der Waals surface area contributed by atoms with E-state index in [1.54, 1.807) is 29.2 Å². The molecule has 0 aliphatic carbocycles. The van der Waals surface area contributed by atoms with Gasteiger partial charge in [0.2, 0.25) is 5.91 Å². The standard InChI is InChI=1S/C17H19F3N2O2/c18-17(19,20)13-3-1-9-21(11-13)16(24)12-5-7-14(8-6-12)22-10-2-4-15(22)23/h5-8,13H,1-4,9-11H2/t13-/m1/s1. The van der Waals surface area contributed by atoms with Gasteiger partial charge in [0.1, 0.15) is 0 Å². The van der Waals surface area contributed by atoms with Crippen molar-refractivity contribution in [2.75, 3.05) is 24.5 Å². The van der Waals surface area contributed by atoms with E-state index in [4.69, 9.17) is 0 Å². The van der Waals surface area contributed by atoms with Gasteiger partial charge in [-0.3, -0.25) is 9.59 Å². The highest BCUT2D eigenvalue weighted by Gasteiger charge is 2.42. The van der Waals surface area contributed by atoms with Gasteiger partial charge in [-0.25, -0.2) is 0 Å². The van der Waals surface area contributed by atoms with E-state index in [1.807, 2.05) is 0 Å². The van der Waals surface area contributed by atoms with E-state index in [-0.39, 0.29) is 24.8 Å². The summed E-state index contributed by atoms with van der Waals surface area (Å²) in [7, 11) is 0. The summed E-state index contributed by atoms with van der Waals surface area (Å²) in [5.41, 5.74) is 1.08. The van der Waals surface area contributed by atoms with Gasteiger partial charge in [-0.1, -0.05) is 0 Å². The molecule has 0 N–H and O–H groups in total. The number of rotatable bonds is 2. The number of piperidine rings is 1. The predicted molar refractivity (Wildman–Crippen MR) is 82.7 cm³/mol. The molecule has 2 amide bonds. The molecule has 2 heterocycles. The van der Waals surface area contributed by atoms with E-state index in [2.05, 4.69) is 0 Å². The van der Waals surface area contributed by atoms with Crippen LogP contribution in [-0.4, -0.2) is 42.5 Å². The number of carbonyl (C=O) groups excluding carboxylic acids is 2. The zero-order valence-electron chi connectivity index (χ0n) is 13.2. The molecule has 1 aromatic carbocycles.